The van der Waals surface area contributed by atoms with Gasteiger partial charge in [-0.05, 0) is 26.0 Å². The van der Waals surface area contributed by atoms with Crippen LogP contribution in [0.25, 0.3) is 0 Å². The van der Waals surface area contributed by atoms with Crippen LogP contribution in [0, 0.1) is 25.2 Å². The fourth-order valence-corrected chi connectivity index (χ4v) is 2.41. The lowest BCUT2D eigenvalue weighted by molar-refractivity contribution is 0.361. The number of furan rings is 1. The molecule has 2 aromatic heterocycles. The summed E-state index contributed by atoms with van der Waals surface area (Å²) in [6.07, 6.45) is 0. The number of nitriles is 1. The van der Waals surface area contributed by atoms with Crippen molar-refractivity contribution in [1.29, 1.82) is 5.26 Å². The first-order valence-electron chi connectivity index (χ1n) is 6.30. The smallest absolute Gasteiger partial charge is 0.344 e. The van der Waals surface area contributed by atoms with Crippen LogP contribution in [0.5, 0.6) is 5.75 Å². The van der Waals surface area contributed by atoms with Crippen LogP contribution in [0.3, 0.4) is 0 Å². The Hall–Kier alpha value is -2.94. The maximum atomic E-state index is 12.2. The van der Waals surface area contributed by atoms with Crippen LogP contribution in [-0.4, -0.2) is 0 Å². The zero-order valence-corrected chi connectivity index (χ0v) is 11.5. The van der Waals surface area contributed by atoms with Gasteiger partial charge in [0.25, 0.3) is 0 Å². The van der Waals surface area contributed by atoms with Crippen molar-refractivity contribution < 1.29 is 13.6 Å². The van der Waals surface area contributed by atoms with Gasteiger partial charge in [-0.3, -0.25) is 0 Å². The van der Waals surface area contributed by atoms with E-state index in [1.165, 1.54) is 0 Å². The molecule has 1 aliphatic heterocycles. The number of aryl methyl sites for hydroxylation is 2. The molecule has 0 spiro atoms. The average Bonchev–Trinajstić information content (AvgIpc) is 2.83. The van der Waals surface area contributed by atoms with Crippen molar-refractivity contribution in [3.63, 3.8) is 0 Å². The quantitative estimate of drug-likeness (QED) is 0.859. The van der Waals surface area contributed by atoms with E-state index in [9.17, 15) is 10.1 Å². The Morgan fingerprint density at radius 2 is 2.00 bits per heavy atom. The highest BCUT2D eigenvalue weighted by molar-refractivity contribution is 5.52. The normalized spacial score (nSPS) is 17.1. The lowest BCUT2D eigenvalue weighted by Crippen LogP contribution is -2.26. The van der Waals surface area contributed by atoms with Gasteiger partial charge in [0.2, 0.25) is 5.88 Å². The second kappa shape index (κ2) is 4.56. The van der Waals surface area contributed by atoms with E-state index in [-0.39, 0.29) is 17.0 Å². The standard InChI is InChI=1S/C15H12N2O4/c1-7-3-4-10(19-7)12-9(6-16)14(17)21-11-5-8(2)20-15(18)13(11)12/h3-5,12H,17H2,1-2H3/t12-/m1/s1. The summed E-state index contributed by atoms with van der Waals surface area (Å²) in [5.41, 5.74) is 5.59. The molecule has 0 unspecified atom stereocenters. The maximum absolute atomic E-state index is 12.2. The van der Waals surface area contributed by atoms with Crippen LogP contribution in [0.15, 0.2) is 43.3 Å². The molecular weight excluding hydrogens is 272 g/mol. The minimum absolute atomic E-state index is 0.0333. The summed E-state index contributed by atoms with van der Waals surface area (Å²) in [5, 5.41) is 9.33. The second-order valence-electron chi connectivity index (χ2n) is 4.80. The Morgan fingerprint density at radius 3 is 2.62 bits per heavy atom. The number of hydrogen-bond donors (Lipinski definition) is 1. The van der Waals surface area contributed by atoms with Crippen LogP contribution >= 0.6 is 0 Å². The molecule has 2 aromatic rings. The molecule has 2 N–H and O–H groups in total. The highest BCUT2D eigenvalue weighted by atomic mass is 16.5. The number of fused-ring (bicyclic) bond motifs is 1. The number of rotatable bonds is 1. The zero-order chi connectivity index (χ0) is 15.1. The summed E-state index contributed by atoms with van der Waals surface area (Å²) in [6.45, 7) is 3.41. The van der Waals surface area contributed by atoms with Crippen molar-refractivity contribution in [2.24, 2.45) is 5.73 Å². The lowest BCUT2D eigenvalue weighted by Gasteiger charge is -2.23. The van der Waals surface area contributed by atoms with Crippen molar-refractivity contribution in [3.05, 3.63) is 62.9 Å². The highest BCUT2D eigenvalue weighted by Gasteiger charge is 2.36. The number of nitrogens with zero attached hydrogens (tertiary/aromatic N) is 1. The molecule has 0 radical (unpaired) electrons. The Balaban J connectivity index is 2.31. The van der Waals surface area contributed by atoms with Crippen molar-refractivity contribution in [2.75, 3.05) is 0 Å². The summed E-state index contributed by atoms with van der Waals surface area (Å²) < 4.78 is 16.1. The first-order chi connectivity index (χ1) is 10.0. The molecule has 3 heterocycles. The molecule has 0 bridgehead atoms. The number of ether oxygens (including phenoxy) is 1. The number of allylic oxidation sites excluding steroid dienone is 1. The van der Waals surface area contributed by atoms with Crippen LogP contribution < -0.4 is 16.1 Å². The minimum Gasteiger partial charge on any atom is -0.465 e. The Labute approximate surface area is 120 Å². The molecular formula is C15H12N2O4. The number of nitrogens with two attached hydrogens (primary N) is 1. The van der Waals surface area contributed by atoms with Crippen molar-refractivity contribution in [1.82, 2.24) is 0 Å². The molecule has 1 atom stereocenters. The lowest BCUT2D eigenvalue weighted by atomic mass is 9.88. The molecule has 0 saturated carbocycles. The fourth-order valence-electron chi connectivity index (χ4n) is 2.41. The summed E-state index contributed by atoms with van der Waals surface area (Å²) in [6, 6.07) is 7.02. The molecule has 0 aliphatic carbocycles. The van der Waals surface area contributed by atoms with E-state index in [4.69, 9.17) is 19.3 Å². The molecule has 21 heavy (non-hydrogen) atoms. The highest BCUT2D eigenvalue weighted by Crippen LogP contribution is 2.40. The summed E-state index contributed by atoms with van der Waals surface area (Å²) in [5.74, 6) is 1.07. The summed E-state index contributed by atoms with van der Waals surface area (Å²) in [4.78, 5) is 12.2. The predicted octanol–water partition coefficient (Wildman–Crippen LogP) is 2.07. The molecule has 0 aromatic carbocycles. The van der Waals surface area contributed by atoms with Crippen molar-refractivity contribution in [2.45, 2.75) is 19.8 Å². The Morgan fingerprint density at radius 1 is 1.24 bits per heavy atom. The van der Waals surface area contributed by atoms with E-state index >= 15 is 0 Å². The third-order valence-electron chi connectivity index (χ3n) is 3.30. The Bertz CT molecular complexity index is 851. The van der Waals surface area contributed by atoms with Gasteiger partial charge in [-0.25, -0.2) is 4.79 Å². The van der Waals surface area contributed by atoms with Crippen LogP contribution in [-0.2, 0) is 0 Å². The first-order valence-corrected chi connectivity index (χ1v) is 6.30. The fraction of sp³-hybridized carbons (Fsp3) is 0.200. The van der Waals surface area contributed by atoms with Crippen LogP contribution in [0.4, 0.5) is 0 Å². The molecule has 3 rings (SSSR count). The predicted molar refractivity (Wildman–Crippen MR) is 72.5 cm³/mol. The van der Waals surface area contributed by atoms with Crippen LogP contribution in [0.1, 0.15) is 28.8 Å². The maximum Gasteiger partial charge on any atom is 0.344 e. The molecule has 0 amide bonds. The summed E-state index contributed by atoms with van der Waals surface area (Å²) in [7, 11) is 0. The van der Waals surface area contributed by atoms with Gasteiger partial charge >= 0.3 is 5.63 Å². The van der Waals surface area contributed by atoms with E-state index in [1.807, 2.05) is 6.07 Å². The Kier molecular flexibility index (Phi) is 2.84. The van der Waals surface area contributed by atoms with Gasteiger partial charge in [0.05, 0.1) is 11.5 Å². The molecule has 6 heteroatoms. The van der Waals surface area contributed by atoms with E-state index in [2.05, 4.69) is 0 Å². The van der Waals surface area contributed by atoms with Gasteiger partial charge in [-0.1, -0.05) is 0 Å². The molecule has 6 nitrogen and oxygen atoms in total. The van der Waals surface area contributed by atoms with E-state index < -0.39 is 11.5 Å². The molecule has 106 valence electrons. The SMILES string of the molecule is Cc1ccc([C@H]2C(C#N)=C(N)Oc3cc(C)oc(=O)c32)o1. The van der Waals surface area contributed by atoms with Crippen molar-refractivity contribution in [3.8, 4) is 11.8 Å². The average molecular weight is 284 g/mol. The monoisotopic (exact) mass is 284 g/mol. The van der Waals surface area contributed by atoms with Crippen LogP contribution in [0.2, 0.25) is 0 Å². The second-order valence-corrected chi connectivity index (χ2v) is 4.80. The van der Waals surface area contributed by atoms with Crippen molar-refractivity contribution >= 4 is 0 Å². The topological polar surface area (TPSA) is 102 Å². The van der Waals surface area contributed by atoms with E-state index in [0.717, 1.165) is 0 Å². The van der Waals surface area contributed by atoms with Gasteiger partial charge in [0.1, 0.15) is 34.7 Å². The van der Waals surface area contributed by atoms with E-state index in [1.54, 1.807) is 32.0 Å². The summed E-state index contributed by atoms with van der Waals surface area (Å²) >= 11 is 0. The third-order valence-corrected chi connectivity index (χ3v) is 3.30. The van der Waals surface area contributed by atoms with Gasteiger partial charge in [-0.15, -0.1) is 0 Å². The molecule has 1 aliphatic rings. The number of hydrogen-bond acceptors (Lipinski definition) is 6. The molecule has 0 saturated heterocycles. The zero-order valence-electron chi connectivity index (χ0n) is 11.5. The van der Waals surface area contributed by atoms with Gasteiger partial charge in [0, 0.05) is 6.07 Å². The molecule has 0 fully saturated rings. The van der Waals surface area contributed by atoms with Gasteiger partial charge in [-0.2, -0.15) is 5.26 Å². The van der Waals surface area contributed by atoms with Gasteiger partial charge < -0.3 is 19.3 Å². The first kappa shape index (κ1) is 13.1. The largest absolute Gasteiger partial charge is 0.465 e. The van der Waals surface area contributed by atoms with Gasteiger partial charge in [0.15, 0.2) is 0 Å². The minimum atomic E-state index is -0.718. The third kappa shape index (κ3) is 1.99. The van der Waals surface area contributed by atoms with E-state index in [0.29, 0.717) is 23.0 Å².